The van der Waals surface area contributed by atoms with E-state index in [2.05, 4.69) is 26.3 Å². The zero-order valence-corrected chi connectivity index (χ0v) is 15.3. The van der Waals surface area contributed by atoms with Crippen molar-refractivity contribution in [2.75, 3.05) is 0 Å². The number of halogens is 1. The van der Waals surface area contributed by atoms with E-state index in [0.717, 1.165) is 17.4 Å². The van der Waals surface area contributed by atoms with Crippen molar-refractivity contribution < 1.29 is 14.7 Å². The van der Waals surface area contributed by atoms with Gasteiger partial charge in [-0.15, -0.1) is 0 Å². The molecule has 10 heteroatoms. The number of carbonyl (C=O) groups is 2. The molecule has 1 aliphatic carbocycles. The maximum absolute atomic E-state index is 12.7. The van der Waals surface area contributed by atoms with Crippen LogP contribution < -0.4 is 16.6 Å². The molecule has 9 nitrogen and oxygen atoms in total. The van der Waals surface area contributed by atoms with E-state index >= 15 is 0 Å². The number of primary amides is 1. The molecule has 0 aliphatic heterocycles. The summed E-state index contributed by atoms with van der Waals surface area (Å²) in [6.07, 6.45) is 1.68. The van der Waals surface area contributed by atoms with Gasteiger partial charge in [0.25, 0.3) is 17.4 Å². The number of amides is 2. The van der Waals surface area contributed by atoms with Crippen LogP contribution in [0.4, 0.5) is 0 Å². The van der Waals surface area contributed by atoms with Crippen LogP contribution in [0.3, 0.4) is 0 Å². The Hall–Kier alpha value is -2.36. The van der Waals surface area contributed by atoms with Crippen molar-refractivity contribution in [3.8, 4) is 5.88 Å². The smallest absolute Gasteiger partial charge is 0.291 e. The number of nitrogens with two attached hydrogens (primary N) is 1. The topological polar surface area (TPSA) is 132 Å². The average molecular weight is 412 g/mol. The Morgan fingerprint density at radius 2 is 2.08 bits per heavy atom. The molecule has 4 N–H and O–H groups in total. The lowest BCUT2D eigenvalue weighted by Gasteiger charge is -2.16. The summed E-state index contributed by atoms with van der Waals surface area (Å²) >= 11 is 3.22. The summed E-state index contributed by atoms with van der Waals surface area (Å²) in [7, 11) is 0. The molecule has 0 bridgehead atoms. The van der Waals surface area contributed by atoms with Crippen molar-refractivity contribution in [2.24, 2.45) is 11.7 Å². The second-order valence-corrected chi connectivity index (χ2v) is 7.31. The first-order valence-corrected chi connectivity index (χ1v) is 8.66. The normalized spacial score (nSPS) is 14.2. The Labute approximate surface area is 150 Å². The minimum Gasteiger partial charge on any atom is -0.494 e. The van der Waals surface area contributed by atoms with Crippen LogP contribution in [-0.2, 0) is 6.54 Å². The zero-order valence-electron chi connectivity index (χ0n) is 13.7. The van der Waals surface area contributed by atoms with E-state index in [-0.39, 0.29) is 27.8 Å². The van der Waals surface area contributed by atoms with Gasteiger partial charge in [0.1, 0.15) is 0 Å². The Morgan fingerprint density at radius 1 is 1.44 bits per heavy atom. The van der Waals surface area contributed by atoms with Crippen molar-refractivity contribution in [3.63, 3.8) is 0 Å². The molecule has 0 atom stereocenters. The molecule has 2 aromatic rings. The van der Waals surface area contributed by atoms with Gasteiger partial charge in [0.15, 0.2) is 16.9 Å². The number of fused-ring (bicyclic) bond motifs is 1. The molecule has 2 aromatic heterocycles. The van der Waals surface area contributed by atoms with Crippen LogP contribution in [0.2, 0.25) is 0 Å². The van der Waals surface area contributed by atoms with Crippen molar-refractivity contribution in [1.82, 2.24) is 19.5 Å². The molecule has 0 spiro atoms. The van der Waals surface area contributed by atoms with Crippen LogP contribution in [0.1, 0.15) is 47.5 Å². The van der Waals surface area contributed by atoms with Crippen LogP contribution >= 0.6 is 15.9 Å². The maximum atomic E-state index is 12.7. The highest BCUT2D eigenvalue weighted by atomic mass is 79.9. The van der Waals surface area contributed by atoms with E-state index in [9.17, 15) is 19.5 Å². The first kappa shape index (κ1) is 17.5. The van der Waals surface area contributed by atoms with Crippen LogP contribution in [0.15, 0.2) is 9.27 Å². The van der Waals surface area contributed by atoms with Crippen molar-refractivity contribution in [2.45, 2.75) is 39.3 Å². The molecule has 0 radical (unpaired) electrons. The fraction of sp³-hybridized carbons (Fsp3) is 0.467. The average Bonchev–Trinajstić information content (AvgIpc) is 3.24. The molecule has 25 heavy (non-hydrogen) atoms. The van der Waals surface area contributed by atoms with Gasteiger partial charge < -0.3 is 16.2 Å². The SMILES string of the molecule is CC(C)Cn1c(O)c(C(=O)NC2CC2)c(=O)n2nc(C(N)=O)c(Br)c12. The molecular formula is C15H18BrN5O4. The fourth-order valence-corrected chi connectivity index (χ4v) is 3.24. The summed E-state index contributed by atoms with van der Waals surface area (Å²) < 4.78 is 2.51. The van der Waals surface area contributed by atoms with Gasteiger partial charge in [-0.3, -0.25) is 19.0 Å². The lowest BCUT2D eigenvalue weighted by atomic mass is 10.2. The second kappa shape index (κ2) is 6.17. The van der Waals surface area contributed by atoms with Crippen molar-refractivity contribution >= 4 is 33.4 Å². The van der Waals surface area contributed by atoms with Gasteiger partial charge in [-0.1, -0.05) is 13.8 Å². The number of aromatic hydroxyl groups is 1. The van der Waals surface area contributed by atoms with Gasteiger partial charge in [-0.2, -0.15) is 9.61 Å². The minimum atomic E-state index is -0.824. The summed E-state index contributed by atoms with van der Waals surface area (Å²) in [4.78, 5) is 36.7. The Bertz CT molecular complexity index is 942. The molecule has 3 rings (SSSR count). The van der Waals surface area contributed by atoms with Crippen molar-refractivity contribution in [3.05, 3.63) is 26.1 Å². The van der Waals surface area contributed by atoms with E-state index in [1.165, 1.54) is 4.57 Å². The van der Waals surface area contributed by atoms with Crippen molar-refractivity contribution in [1.29, 1.82) is 0 Å². The van der Waals surface area contributed by atoms with Gasteiger partial charge in [0.05, 0.1) is 4.47 Å². The molecule has 1 aliphatic rings. The number of nitrogens with zero attached hydrogens (tertiary/aromatic N) is 3. The van der Waals surface area contributed by atoms with Crippen LogP contribution in [0.25, 0.3) is 5.65 Å². The van der Waals surface area contributed by atoms with E-state index in [1.54, 1.807) is 0 Å². The number of rotatable bonds is 5. The zero-order chi connectivity index (χ0) is 18.5. The molecule has 1 saturated carbocycles. The summed E-state index contributed by atoms with van der Waals surface area (Å²) in [5.41, 5.74) is 4.12. The van der Waals surface area contributed by atoms with Gasteiger partial charge in [0, 0.05) is 12.6 Å². The predicted molar refractivity (Wildman–Crippen MR) is 92.7 cm³/mol. The highest BCUT2D eigenvalue weighted by Gasteiger charge is 2.31. The van der Waals surface area contributed by atoms with Crippen LogP contribution in [0.5, 0.6) is 5.88 Å². The summed E-state index contributed by atoms with van der Waals surface area (Å²) in [5, 5.41) is 17.2. The molecule has 0 saturated heterocycles. The van der Waals surface area contributed by atoms with E-state index in [4.69, 9.17) is 5.73 Å². The molecular weight excluding hydrogens is 394 g/mol. The lowest BCUT2D eigenvalue weighted by molar-refractivity contribution is 0.0943. The van der Waals surface area contributed by atoms with Crippen LogP contribution in [0, 0.1) is 5.92 Å². The molecule has 134 valence electrons. The largest absolute Gasteiger partial charge is 0.494 e. The maximum Gasteiger partial charge on any atom is 0.291 e. The first-order valence-electron chi connectivity index (χ1n) is 7.87. The van der Waals surface area contributed by atoms with E-state index in [1.807, 2.05) is 13.8 Å². The third-order valence-corrected chi connectivity index (χ3v) is 4.60. The molecule has 2 amide bonds. The second-order valence-electron chi connectivity index (χ2n) is 6.52. The molecule has 1 fully saturated rings. The van der Waals surface area contributed by atoms with Gasteiger partial charge in [0.2, 0.25) is 5.88 Å². The van der Waals surface area contributed by atoms with Crippen LogP contribution in [-0.4, -0.2) is 37.1 Å². The number of hydrogen-bond acceptors (Lipinski definition) is 5. The fourth-order valence-electron chi connectivity index (χ4n) is 2.58. The Balaban J connectivity index is 2.32. The monoisotopic (exact) mass is 411 g/mol. The van der Waals surface area contributed by atoms with Gasteiger partial charge in [-0.25, -0.2) is 0 Å². The number of hydrogen-bond donors (Lipinski definition) is 3. The first-order chi connectivity index (χ1) is 11.7. The minimum absolute atomic E-state index is 0.0195. The standard InChI is InChI=1S/C15H18BrN5O4/c1-6(2)5-20-13-9(16)10(11(17)22)19-21(13)15(25)8(14(20)24)12(23)18-7-3-4-7/h6-7,24H,3-5H2,1-2H3,(H2,17,22)(H,18,23). The highest BCUT2D eigenvalue weighted by molar-refractivity contribution is 9.10. The quantitative estimate of drug-likeness (QED) is 0.662. The molecule has 2 heterocycles. The summed E-state index contributed by atoms with van der Waals surface area (Å²) in [5.74, 6) is -1.84. The molecule has 0 unspecified atom stereocenters. The van der Waals surface area contributed by atoms with Gasteiger partial charge in [-0.05, 0) is 34.7 Å². The highest BCUT2D eigenvalue weighted by Crippen LogP contribution is 2.28. The predicted octanol–water partition coefficient (Wildman–Crippen LogP) is 0.611. The number of aromatic nitrogens is 3. The van der Waals surface area contributed by atoms with E-state index in [0.29, 0.717) is 6.54 Å². The van der Waals surface area contributed by atoms with E-state index < -0.39 is 28.8 Å². The summed E-state index contributed by atoms with van der Waals surface area (Å²) in [6.45, 7) is 4.14. The third-order valence-electron chi connectivity index (χ3n) is 3.87. The summed E-state index contributed by atoms with van der Waals surface area (Å²) in [6, 6.07) is 0.0195. The third kappa shape index (κ3) is 3.01. The number of nitrogens with one attached hydrogen (secondary N) is 1. The molecule has 0 aromatic carbocycles. The Kier molecular flexibility index (Phi) is 4.31. The van der Waals surface area contributed by atoms with Gasteiger partial charge >= 0.3 is 0 Å². The Morgan fingerprint density at radius 3 is 2.60 bits per heavy atom. The number of carbonyl (C=O) groups excluding carboxylic acids is 2. The lowest BCUT2D eigenvalue weighted by Crippen LogP contribution is -2.34.